The number of aliphatic hydroxyl groups excluding tert-OH is 2. The van der Waals surface area contributed by atoms with Crippen molar-refractivity contribution in [2.24, 2.45) is 28.6 Å². The molecule has 1 heterocycles. The number of nitrogens with zero attached hydrogens (tertiary/aromatic N) is 1. The average Bonchev–Trinajstić information content (AvgIpc) is 3.12. The molecule has 1 aliphatic heterocycles. The van der Waals surface area contributed by atoms with Gasteiger partial charge in [0.25, 0.3) is 0 Å². The van der Waals surface area contributed by atoms with E-state index >= 15 is 0 Å². The highest BCUT2D eigenvalue weighted by atomic mass is 16.5. The molecule has 6 aliphatic rings. The van der Waals surface area contributed by atoms with Gasteiger partial charge in [-0.1, -0.05) is 6.92 Å². The van der Waals surface area contributed by atoms with Crippen molar-refractivity contribution in [3.8, 4) is 0 Å². The summed E-state index contributed by atoms with van der Waals surface area (Å²) in [4.78, 5) is 2.29. The smallest absolute Gasteiger partial charge is 0.117 e. The highest BCUT2D eigenvalue weighted by molar-refractivity contribution is 5.40. The Morgan fingerprint density at radius 1 is 0.909 bits per heavy atom. The SMILES string of the molecule is CCN1C[C@]2(COC)[C@H](O)C[C@H](OC)[C@]34C1[C@H](C[C@]23O)[C@@]1(O)C[C@H](OC)[C@@]2(O)C[C@@H]4[C@@H]1[C@H]2O. The molecular formula is C24H39NO8. The number of piperidine rings is 1. The molecule has 5 N–H and O–H groups in total. The van der Waals surface area contributed by atoms with Gasteiger partial charge < -0.3 is 39.7 Å². The second-order valence-electron chi connectivity index (χ2n) is 11.9. The predicted molar refractivity (Wildman–Crippen MR) is 115 cm³/mol. The minimum atomic E-state index is -1.50. The predicted octanol–water partition coefficient (Wildman–Crippen LogP) is -1.27. The van der Waals surface area contributed by atoms with Crippen molar-refractivity contribution in [3.63, 3.8) is 0 Å². The van der Waals surface area contributed by atoms with Gasteiger partial charge in [-0.2, -0.15) is 0 Å². The Hall–Kier alpha value is -0.360. The third-order valence-electron chi connectivity index (χ3n) is 11.5. The third-order valence-corrected chi connectivity index (χ3v) is 11.5. The molecule has 0 amide bonds. The number of hydrogen-bond acceptors (Lipinski definition) is 9. The van der Waals surface area contributed by atoms with Crippen LogP contribution in [-0.4, -0.2) is 119 Å². The summed E-state index contributed by atoms with van der Waals surface area (Å²) in [6.07, 6.45) is -2.15. The largest absolute Gasteiger partial charge is 0.392 e. The first-order valence-corrected chi connectivity index (χ1v) is 12.4. The van der Waals surface area contributed by atoms with Crippen LogP contribution in [0.15, 0.2) is 0 Å². The molecule has 9 nitrogen and oxygen atoms in total. The Balaban J connectivity index is 1.65. The van der Waals surface area contributed by atoms with E-state index in [9.17, 15) is 25.5 Å². The van der Waals surface area contributed by atoms with Crippen molar-refractivity contribution >= 4 is 0 Å². The molecule has 1 unspecified atom stereocenters. The van der Waals surface area contributed by atoms with Crippen LogP contribution >= 0.6 is 0 Å². The average molecular weight is 470 g/mol. The number of fused-ring (bicyclic) bond motifs is 2. The van der Waals surface area contributed by atoms with Crippen LogP contribution in [0.2, 0.25) is 0 Å². The van der Waals surface area contributed by atoms with Crippen molar-refractivity contribution in [1.29, 1.82) is 0 Å². The number of ether oxygens (including phenoxy) is 3. The molecule has 9 heteroatoms. The number of likely N-dealkylation sites (tertiary alicyclic amines) is 1. The lowest BCUT2D eigenvalue weighted by atomic mass is 9.41. The van der Waals surface area contributed by atoms with E-state index in [1.165, 1.54) is 7.11 Å². The van der Waals surface area contributed by atoms with Gasteiger partial charge in [0.05, 0.1) is 47.6 Å². The maximum Gasteiger partial charge on any atom is 0.117 e. The van der Waals surface area contributed by atoms with E-state index < -0.39 is 63.9 Å². The van der Waals surface area contributed by atoms with Crippen LogP contribution in [0.1, 0.15) is 32.6 Å². The second-order valence-corrected chi connectivity index (χ2v) is 11.9. The standard InChI is InChI=1S/C24H39NO8/c1-5-25-10-20(11-31-2)14(26)6-15(32-3)24-12-7-22(29)16(33-4)9-21(28,17(12)19(22)27)13(18(24)25)8-23(20,24)30/h12-19,26-30H,5-11H2,1-4H3/t12-,13+,14-,15+,16+,17-,18?,19-,20+,21+,22+,23+,24-/m1/s1. The van der Waals surface area contributed by atoms with Gasteiger partial charge in [-0.15, -0.1) is 0 Å². The van der Waals surface area contributed by atoms with Crippen LogP contribution in [-0.2, 0) is 14.2 Å². The molecule has 0 radical (unpaired) electrons. The molecule has 6 fully saturated rings. The van der Waals surface area contributed by atoms with Crippen molar-refractivity contribution in [2.75, 3.05) is 41.0 Å². The van der Waals surface area contributed by atoms with Gasteiger partial charge in [0, 0.05) is 64.0 Å². The first kappa shape index (κ1) is 23.1. The molecule has 0 aromatic rings. The zero-order chi connectivity index (χ0) is 23.8. The summed E-state index contributed by atoms with van der Waals surface area (Å²) in [5.74, 6) is -1.37. The van der Waals surface area contributed by atoms with Crippen LogP contribution in [0.5, 0.6) is 0 Å². The van der Waals surface area contributed by atoms with E-state index in [4.69, 9.17) is 14.2 Å². The minimum absolute atomic E-state index is 0.183. The molecule has 5 saturated carbocycles. The zero-order valence-electron chi connectivity index (χ0n) is 20.0. The van der Waals surface area contributed by atoms with Crippen LogP contribution in [0, 0.1) is 28.6 Å². The molecule has 5 aliphatic carbocycles. The summed E-state index contributed by atoms with van der Waals surface area (Å²) in [7, 11) is 4.72. The summed E-state index contributed by atoms with van der Waals surface area (Å²) >= 11 is 0. The molecule has 188 valence electrons. The van der Waals surface area contributed by atoms with E-state index in [1.807, 2.05) is 0 Å². The van der Waals surface area contributed by atoms with Gasteiger partial charge in [-0.25, -0.2) is 0 Å². The third kappa shape index (κ3) is 2.08. The Morgan fingerprint density at radius 3 is 2.21 bits per heavy atom. The zero-order valence-corrected chi connectivity index (χ0v) is 20.0. The highest BCUT2D eigenvalue weighted by Crippen LogP contribution is 2.80. The first-order chi connectivity index (χ1) is 15.6. The van der Waals surface area contributed by atoms with Crippen LogP contribution in [0.3, 0.4) is 0 Å². The Morgan fingerprint density at radius 2 is 1.61 bits per heavy atom. The highest BCUT2D eigenvalue weighted by Gasteiger charge is 2.91. The van der Waals surface area contributed by atoms with Crippen LogP contribution < -0.4 is 0 Å². The van der Waals surface area contributed by atoms with E-state index in [2.05, 4.69) is 11.8 Å². The van der Waals surface area contributed by atoms with E-state index in [0.29, 0.717) is 25.9 Å². The van der Waals surface area contributed by atoms with Gasteiger partial charge in [-0.3, -0.25) is 4.90 Å². The maximum absolute atomic E-state index is 12.9. The van der Waals surface area contributed by atoms with Crippen molar-refractivity contribution in [2.45, 2.75) is 79.9 Å². The number of methoxy groups -OCH3 is 3. The fourth-order valence-electron chi connectivity index (χ4n) is 10.6. The monoisotopic (exact) mass is 469 g/mol. The second kappa shape index (κ2) is 6.69. The fourth-order valence-corrected chi connectivity index (χ4v) is 10.6. The summed E-state index contributed by atoms with van der Waals surface area (Å²) in [5.41, 5.74) is -6.03. The maximum atomic E-state index is 12.9. The molecule has 33 heavy (non-hydrogen) atoms. The van der Waals surface area contributed by atoms with Gasteiger partial charge in [0.2, 0.25) is 0 Å². The summed E-state index contributed by atoms with van der Waals surface area (Å²) < 4.78 is 17.4. The quantitative estimate of drug-likeness (QED) is 0.334. The molecule has 0 aromatic heterocycles. The Labute approximate surface area is 194 Å². The molecule has 0 aromatic carbocycles. The van der Waals surface area contributed by atoms with E-state index in [-0.39, 0.29) is 31.4 Å². The van der Waals surface area contributed by atoms with Crippen LogP contribution in [0.25, 0.3) is 0 Å². The number of rotatable bonds is 5. The van der Waals surface area contributed by atoms with E-state index in [1.54, 1.807) is 14.2 Å². The van der Waals surface area contributed by atoms with Crippen molar-refractivity contribution < 1.29 is 39.7 Å². The Kier molecular flexibility index (Phi) is 4.67. The lowest BCUT2D eigenvalue weighted by Crippen LogP contribution is -2.84. The summed E-state index contributed by atoms with van der Waals surface area (Å²) in [5, 5.41) is 59.9. The lowest BCUT2D eigenvalue weighted by Gasteiger charge is -2.72. The minimum Gasteiger partial charge on any atom is -0.392 e. The van der Waals surface area contributed by atoms with Gasteiger partial charge in [0.15, 0.2) is 0 Å². The first-order valence-electron chi connectivity index (χ1n) is 12.4. The fraction of sp³-hybridized carbons (Fsp3) is 1.00. The van der Waals surface area contributed by atoms with E-state index in [0.717, 1.165) is 0 Å². The van der Waals surface area contributed by atoms with Gasteiger partial charge in [0.1, 0.15) is 5.60 Å². The van der Waals surface area contributed by atoms with Crippen LogP contribution in [0.4, 0.5) is 0 Å². The number of aliphatic hydroxyl groups is 5. The van der Waals surface area contributed by atoms with Gasteiger partial charge >= 0.3 is 0 Å². The van der Waals surface area contributed by atoms with Gasteiger partial charge in [-0.05, 0) is 25.3 Å². The molecule has 1 saturated heterocycles. The molecular weight excluding hydrogens is 430 g/mol. The normalized spacial score (nSPS) is 63.2. The molecule has 7 bridgehead atoms. The Bertz CT molecular complexity index is 845. The lowest BCUT2D eigenvalue weighted by molar-refractivity contribution is -0.346. The molecule has 1 spiro atoms. The van der Waals surface area contributed by atoms with Crippen molar-refractivity contribution in [1.82, 2.24) is 4.90 Å². The molecule has 13 atom stereocenters. The number of hydrogen-bond donors (Lipinski definition) is 5. The molecule has 6 rings (SSSR count). The summed E-state index contributed by atoms with van der Waals surface area (Å²) in [6.45, 7) is 3.39. The topological polar surface area (TPSA) is 132 Å². The van der Waals surface area contributed by atoms with Crippen molar-refractivity contribution in [3.05, 3.63) is 0 Å². The summed E-state index contributed by atoms with van der Waals surface area (Å²) in [6, 6.07) is -0.202.